The minimum atomic E-state index is -0.569. The molecule has 14 nitrogen and oxygen atoms in total. The van der Waals surface area contributed by atoms with Crippen LogP contribution in [0.2, 0.25) is 0 Å². The van der Waals surface area contributed by atoms with Gasteiger partial charge < -0.3 is 30.7 Å². The number of aromatic nitrogens is 6. The highest BCUT2D eigenvalue weighted by Crippen LogP contribution is 2.30. The van der Waals surface area contributed by atoms with Crippen molar-refractivity contribution >= 4 is 22.9 Å². The lowest BCUT2D eigenvalue weighted by Crippen LogP contribution is -2.33. The van der Waals surface area contributed by atoms with Crippen LogP contribution in [-0.4, -0.2) is 70.7 Å². The Morgan fingerprint density at radius 1 is 1.05 bits per heavy atom. The molecule has 6 rings (SSSR count). The molecule has 196 valence electrons. The van der Waals surface area contributed by atoms with Crippen molar-refractivity contribution in [2.24, 2.45) is 0 Å². The molecule has 0 bridgehead atoms. The minimum absolute atomic E-state index is 0.0504. The van der Waals surface area contributed by atoms with Gasteiger partial charge in [-0.05, 0) is 31.9 Å². The van der Waals surface area contributed by atoms with E-state index in [1.54, 1.807) is 30.0 Å². The third-order valence-corrected chi connectivity index (χ3v) is 6.02. The van der Waals surface area contributed by atoms with Crippen LogP contribution in [0.3, 0.4) is 0 Å². The summed E-state index contributed by atoms with van der Waals surface area (Å²) < 4.78 is 14.1. The van der Waals surface area contributed by atoms with Crippen molar-refractivity contribution in [3.63, 3.8) is 0 Å². The van der Waals surface area contributed by atoms with E-state index in [-0.39, 0.29) is 31.5 Å². The molecule has 0 radical (unpaired) electrons. The number of aliphatic hydroxyl groups is 2. The molecule has 1 fully saturated rings. The molecule has 3 aliphatic rings. The molecular formula is C23H28N8O6. The third kappa shape index (κ3) is 5.32. The standard InChI is InChI=1S/C13H16N6O2.C10H12N2O4/c14-13-17-11(16-7-1-2-7)10-12(18-13)19(6-15-10)9-4-3-8(5-20)21-9;1-6-4-12(10(15)11-9(6)14)8-3-2-7(5-13)16-8/h3-4,6-9,20H,1-2,5H2,(H3,14,16,17,18);2-4,7-8,13H,5H2,1H3,(H,11,14,15)/t8-,9+;7-,8+/m00/s1. The second kappa shape index (κ2) is 10.3. The van der Waals surface area contributed by atoms with E-state index in [4.69, 9.17) is 25.4 Å². The highest BCUT2D eigenvalue weighted by molar-refractivity contribution is 5.84. The Kier molecular flexibility index (Phi) is 6.88. The molecule has 4 atom stereocenters. The number of nitrogen functional groups attached to an aromatic ring is 1. The Labute approximate surface area is 210 Å². The van der Waals surface area contributed by atoms with E-state index in [9.17, 15) is 9.59 Å². The van der Waals surface area contributed by atoms with Crippen LogP contribution in [0.5, 0.6) is 0 Å². The zero-order valence-electron chi connectivity index (χ0n) is 20.0. The van der Waals surface area contributed by atoms with E-state index in [0.717, 1.165) is 12.8 Å². The number of aliphatic hydroxyl groups excluding tert-OH is 2. The molecular weight excluding hydrogens is 484 g/mol. The number of aryl methyl sites for hydroxylation is 1. The van der Waals surface area contributed by atoms with Crippen molar-refractivity contribution in [3.8, 4) is 0 Å². The number of nitrogens with one attached hydrogen (secondary N) is 2. The molecule has 1 saturated carbocycles. The molecule has 0 amide bonds. The molecule has 0 unspecified atom stereocenters. The summed E-state index contributed by atoms with van der Waals surface area (Å²) >= 11 is 0. The van der Waals surface area contributed by atoms with Gasteiger partial charge in [0.15, 0.2) is 29.4 Å². The number of H-pyrrole nitrogens is 1. The maximum Gasteiger partial charge on any atom is 0.330 e. The molecule has 14 heteroatoms. The van der Waals surface area contributed by atoms with Crippen LogP contribution in [0.1, 0.15) is 30.9 Å². The summed E-state index contributed by atoms with van der Waals surface area (Å²) in [4.78, 5) is 37.7. The number of anilines is 2. The van der Waals surface area contributed by atoms with Gasteiger partial charge in [0.2, 0.25) is 5.95 Å². The first-order valence-electron chi connectivity index (χ1n) is 11.8. The van der Waals surface area contributed by atoms with Gasteiger partial charge in [0.05, 0.1) is 19.5 Å². The Morgan fingerprint density at radius 3 is 2.30 bits per heavy atom. The number of imidazole rings is 1. The van der Waals surface area contributed by atoms with Gasteiger partial charge in [-0.15, -0.1) is 0 Å². The largest absolute Gasteiger partial charge is 0.393 e. The van der Waals surface area contributed by atoms with Crippen molar-refractivity contribution in [2.45, 2.75) is 50.5 Å². The minimum Gasteiger partial charge on any atom is -0.393 e. The highest BCUT2D eigenvalue weighted by Gasteiger charge is 2.26. The first kappa shape index (κ1) is 24.8. The summed E-state index contributed by atoms with van der Waals surface area (Å²) in [5.41, 5.74) is 6.61. The van der Waals surface area contributed by atoms with Gasteiger partial charge in [-0.1, -0.05) is 12.2 Å². The van der Waals surface area contributed by atoms with Gasteiger partial charge in [-0.3, -0.25) is 18.9 Å². The quantitative estimate of drug-likeness (QED) is 0.272. The fourth-order valence-corrected chi connectivity index (χ4v) is 3.92. The van der Waals surface area contributed by atoms with Crippen molar-refractivity contribution in [2.75, 3.05) is 24.3 Å². The normalized spacial score (nSPS) is 24.4. The van der Waals surface area contributed by atoms with Crippen LogP contribution in [0, 0.1) is 6.92 Å². The highest BCUT2D eigenvalue weighted by atomic mass is 16.5. The predicted molar refractivity (Wildman–Crippen MR) is 133 cm³/mol. The van der Waals surface area contributed by atoms with Gasteiger partial charge in [0.25, 0.3) is 5.56 Å². The maximum absolute atomic E-state index is 11.5. The van der Waals surface area contributed by atoms with Crippen LogP contribution in [0.25, 0.3) is 11.2 Å². The Hall–Kier alpha value is -3.85. The number of hydrogen-bond acceptors (Lipinski definition) is 11. The molecule has 0 aromatic carbocycles. The lowest BCUT2D eigenvalue weighted by Gasteiger charge is -2.14. The molecule has 3 aromatic rings. The van der Waals surface area contributed by atoms with Crippen LogP contribution in [0.4, 0.5) is 11.8 Å². The second-order valence-electron chi connectivity index (χ2n) is 8.92. The van der Waals surface area contributed by atoms with E-state index < -0.39 is 23.6 Å². The van der Waals surface area contributed by atoms with Crippen LogP contribution in [0.15, 0.2) is 46.4 Å². The molecule has 2 aliphatic heterocycles. The number of nitrogens with zero attached hydrogens (tertiary/aromatic N) is 5. The molecule has 0 spiro atoms. The summed E-state index contributed by atoms with van der Waals surface area (Å²) in [5.74, 6) is 0.868. The molecule has 37 heavy (non-hydrogen) atoms. The Balaban J connectivity index is 0.000000158. The van der Waals surface area contributed by atoms with Crippen molar-refractivity contribution < 1.29 is 19.7 Å². The predicted octanol–water partition coefficient (Wildman–Crippen LogP) is -0.280. The number of nitrogens with two attached hydrogens (primary N) is 1. The maximum atomic E-state index is 11.5. The van der Waals surface area contributed by atoms with E-state index in [0.29, 0.717) is 28.6 Å². The monoisotopic (exact) mass is 512 g/mol. The molecule has 5 heterocycles. The van der Waals surface area contributed by atoms with Crippen molar-refractivity contribution in [3.05, 3.63) is 63.2 Å². The third-order valence-electron chi connectivity index (χ3n) is 6.02. The average Bonchev–Trinajstić information content (AvgIpc) is 3.27. The number of ether oxygens (including phenoxy) is 2. The zero-order valence-corrected chi connectivity index (χ0v) is 20.0. The zero-order chi connectivity index (χ0) is 26.1. The van der Waals surface area contributed by atoms with E-state index in [1.807, 2.05) is 12.2 Å². The lowest BCUT2D eigenvalue weighted by molar-refractivity contribution is -0.0104. The topological polar surface area (TPSA) is 195 Å². The van der Waals surface area contributed by atoms with Gasteiger partial charge in [-0.2, -0.15) is 9.97 Å². The number of hydrogen-bond donors (Lipinski definition) is 5. The summed E-state index contributed by atoms with van der Waals surface area (Å²) in [6.07, 6.45) is 10.8. The first-order valence-corrected chi connectivity index (χ1v) is 11.8. The van der Waals surface area contributed by atoms with Gasteiger partial charge >= 0.3 is 5.69 Å². The van der Waals surface area contributed by atoms with Gasteiger partial charge in [0, 0.05) is 17.8 Å². The average molecular weight is 513 g/mol. The van der Waals surface area contributed by atoms with Gasteiger partial charge in [0.1, 0.15) is 12.2 Å². The van der Waals surface area contributed by atoms with E-state index in [2.05, 4.69) is 25.3 Å². The summed E-state index contributed by atoms with van der Waals surface area (Å²) in [6.45, 7) is 1.42. The summed E-state index contributed by atoms with van der Waals surface area (Å²) in [6, 6.07) is 0.453. The number of fused-ring (bicyclic) bond motifs is 1. The second-order valence-corrected chi connectivity index (χ2v) is 8.92. The molecule has 3 aromatic heterocycles. The van der Waals surface area contributed by atoms with Gasteiger partial charge in [-0.25, -0.2) is 9.78 Å². The van der Waals surface area contributed by atoms with E-state index >= 15 is 0 Å². The Morgan fingerprint density at radius 2 is 1.70 bits per heavy atom. The first-order chi connectivity index (χ1) is 17.9. The Bertz CT molecular complexity index is 1460. The van der Waals surface area contributed by atoms with Crippen LogP contribution in [-0.2, 0) is 9.47 Å². The molecule has 6 N–H and O–H groups in total. The van der Waals surface area contributed by atoms with E-state index in [1.165, 1.54) is 10.8 Å². The fraction of sp³-hybridized carbons (Fsp3) is 0.435. The van der Waals surface area contributed by atoms with Crippen molar-refractivity contribution in [1.82, 2.24) is 29.1 Å². The fourth-order valence-electron chi connectivity index (χ4n) is 3.92. The molecule has 1 aliphatic carbocycles. The van der Waals surface area contributed by atoms with Crippen LogP contribution >= 0.6 is 0 Å². The SMILES string of the molecule is Cc1cn([C@H]2C=C[C@@H](CO)O2)c(=O)[nH]c1=O.Nc1nc(NC2CC2)c2ncn([C@H]3C=C[C@@H](CO)O3)c2n1. The molecule has 0 saturated heterocycles. The van der Waals surface area contributed by atoms with Crippen LogP contribution < -0.4 is 22.3 Å². The smallest absolute Gasteiger partial charge is 0.330 e. The number of rotatable bonds is 6. The lowest BCUT2D eigenvalue weighted by atomic mass is 10.3. The number of aromatic amines is 1. The summed E-state index contributed by atoms with van der Waals surface area (Å²) in [5, 5.41) is 21.3. The summed E-state index contributed by atoms with van der Waals surface area (Å²) in [7, 11) is 0. The van der Waals surface area contributed by atoms with Crippen molar-refractivity contribution in [1.29, 1.82) is 0 Å².